The molecule has 1 aromatic carbocycles. The molecule has 5 nitrogen and oxygen atoms in total. The SMILES string of the molecule is C=C/C(=C\[C@H](COCc1ccccc1)[C@@]12CC(=C)[C@@H](C1)C1(C[C@H]2C(=C)C)OCCO1)C(=O)OC. The summed E-state index contributed by atoms with van der Waals surface area (Å²) < 4.78 is 23.7. The second-order valence-corrected chi connectivity index (χ2v) is 9.86. The van der Waals surface area contributed by atoms with Gasteiger partial charge >= 0.3 is 5.97 Å². The molecule has 3 fully saturated rings. The lowest BCUT2D eigenvalue weighted by Crippen LogP contribution is -2.51. The summed E-state index contributed by atoms with van der Waals surface area (Å²) in [6, 6.07) is 10.1. The fourth-order valence-corrected chi connectivity index (χ4v) is 6.31. The third-order valence-corrected chi connectivity index (χ3v) is 7.89. The molecule has 0 amide bonds. The van der Waals surface area contributed by atoms with Gasteiger partial charge in [-0.15, -0.1) is 0 Å². The van der Waals surface area contributed by atoms with E-state index in [0.29, 0.717) is 32.0 Å². The van der Waals surface area contributed by atoms with Crippen molar-refractivity contribution in [1.29, 1.82) is 0 Å². The van der Waals surface area contributed by atoms with Crippen molar-refractivity contribution in [2.45, 2.75) is 38.6 Å². The van der Waals surface area contributed by atoms with Gasteiger partial charge in [-0.05, 0) is 36.7 Å². The van der Waals surface area contributed by atoms with Gasteiger partial charge < -0.3 is 18.9 Å². The van der Waals surface area contributed by atoms with Crippen LogP contribution in [0.2, 0.25) is 0 Å². The quantitative estimate of drug-likeness (QED) is 0.212. The van der Waals surface area contributed by atoms with E-state index in [2.05, 4.69) is 38.8 Å². The second-order valence-electron chi connectivity index (χ2n) is 9.86. The number of hydrogen-bond donors (Lipinski definition) is 0. The lowest BCUT2D eigenvalue weighted by Gasteiger charge is -2.51. The number of benzene rings is 1. The minimum absolute atomic E-state index is 0.0643. The van der Waals surface area contributed by atoms with Crippen molar-refractivity contribution < 1.29 is 23.7 Å². The Bertz CT molecular complexity index is 971. The molecule has 1 spiro atoms. The largest absolute Gasteiger partial charge is 0.465 e. The molecule has 0 N–H and O–H groups in total. The highest BCUT2D eigenvalue weighted by Gasteiger charge is 2.64. The van der Waals surface area contributed by atoms with Crippen LogP contribution in [0.5, 0.6) is 0 Å². The van der Waals surface area contributed by atoms with Gasteiger partial charge in [-0.25, -0.2) is 4.79 Å². The Morgan fingerprint density at radius 3 is 2.56 bits per heavy atom. The maximum Gasteiger partial charge on any atom is 0.337 e. The number of esters is 1. The number of hydrogen-bond acceptors (Lipinski definition) is 5. The number of fused-ring (bicyclic) bond motifs is 3. The van der Waals surface area contributed by atoms with Gasteiger partial charge in [0.2, 0.25) is 0 Å². The van der Waals surface area contributed by atoms with Crippen LogP contribution < -0.4 is 0 Å². The molecule has 3 aliphatic rings. The van der Waals surface area contributed by atoms with Gasteiger partial charge in [0.25, 0.3) is 0 Å². The van der Waals surface area contributed by atoms with E-state index in [1.165, 1.54) is 7.11 Å². The van der Waals surface area contributed by atoms with Crippen LogP contribution in [0.15, 0.2) is 78.9 Å². The van der Waals surface area contributed by atoms with Gasteiger partial charge in [-0.3, -0.25) is 0 Å². The molecular formula is C29H36O5. The molecule has 1 heterocycles. The van der Waals surface area contributed by atoms with Crippen molar-refractivity contribution in [3.63, 3.8) is 0 Å². The summed E-state index contributed by atoms with van der Waals surface area (Å²) in [6.07, 6.45) is 5.95. The van der Waals surface area contributed by atoms with Gasteiger partial charge in [0.1, 0.15) is 0 Å². The van der Waals surface area contributed by atoms with Crippen LogP contribution in [0.4, 0.5) is 0 Å². The third kappa shape index (κ3) is 4.45. The van der Waals surface area contributed by atoms with Crippen LogP contribution in [-0.2, 0) is 30.3 Å². The highest BCUT2D eigenvalue weighted by molar-refractivity contribution is 5.91. The minimum Gasteiger partial charge on any atom is -0.465 e. The summed E-state index contributed by atoms with van der Waals surface area (Å²) in [7, 11) is 1.39. The molecule has 2 aliphatic carbocycles. The Hall–Kier alpha value is -2.47. The maximum atomic E-state index is 12.5. The Morgan fingerprint density at radius 1 is 1.24 bits per heavy atom. The fraction of sp³-hybridized carbons (Fsp3) is 0.483. The van der Waals surface area contributed by atoms with E-state index < -0.39 is 11.8 Å². The topological polar surface area (TPSA) is 54.0 Å². The van der Waals surface area contributed by atoms with Gasteiger partial charge in [-0.2, -0.15) is 0 Å². The van der Waals surface area contributed by atoms with Crippen molar-refractivity contribution in [3.8, 4) is 0 Å². The van der Waals surface area contributed by atoms with Gasteiger partial charge in [0.15, 0.2) is 5.79 Å². The molecule has 1 saturated heterocycles. The zero-order valence-electron chi connectivity index (χ0n) is 20.4. The van der Waals surface area contributed by atoms with Crippen molar-refractivity contribution in [1.82, 2.24) is 0 Å². The molecule has 5 heteroatoms. The minimum atomic E-state index is -0.622. The van der Waals surface area contributed by atoms with Crippen LogP contribution in [-0.4, -0.2) is 38.7 Å². The normalized spacial score (nSPS) is 28.6. The average molecular weight is 465 g/mol. The molecule has 0 aromatic heterocycles. The summed E-state index contributed by atoms with van der Waals surface area (Å²) in [5.41, 5.74) is 3.60. The number of methoxy groups -OCH3 is 1. The van der Waals surface area contributed by atoms with E-state index in [9.17, 15) is 4.79 Å². The Morgan fingerprint density at radius 2 is 1.94 bits per heavy atom. The van der Waals surface area contributed by atoms with E-state index in [1.807, 2.05) is 24.3 Å². The van der Waals surface area contributed by atoms with Gasteiger partial charge in [0, 0.05) is 18.3 Å². The van der Waals surface area contributed by atoms with Crippen LogP contribution in [0.3, 0.4) is 0 Å². The van der Waals surface area contributed by atoms with E-state index in [4.69, 9.17) is 18.9 Å². The molecule has 182 valence electrons. The average Bonchev–Trinajstić information content (AvgIpc) is 3.42. The zero-order chi connectivity index (χ0) is 24.3. The number of carbonyl (C=O) groups is 1. The van der Waals surface area contributed by atoms with Gasteiger partial charge in [0.05, 0.1) is 39.1 Å². The lowest BCUT2D eigenvalue weighted by atomic mass is 9.57. The number of allylic oxidation sites excluding steroid dienone is 1. The van der Waals surface area contributed by atoms with Crippen LogP contribution in [0.25, 0.3) is 0 Å². The molecule has 1 aromatic rings. The predicted molar refractivity (Wildman–Crippen MR) is 132 cm³/mol. The molecule has 1 aliphatic heterocycles. The maximum absolute atomic E-state index is 12.5. The Labute approximate surface area is 203 Å². The Kier molecular flexibility index (Phi) is 7.27. The molecule has 2 saturated carbocycles. The number of rotatable bonds is 9. The van der Waals surface area contributed by atoms with E-state index in [1.54, 1.807) is 6.08 Å². The standard InChI is InChI=1S/C29H36O5/c1-6-23(27(30)31-5)14-24(19-32-18-22-10-8-7-9-11-22)28-15-21(4)26(16-28)29(33-12-13-34-29)17-25(28)20(2)3/h6-11,14,24-26H,1-2,4,12-13,15-19H2,3,5H3/b23-14+/t24-,25+,26-,28-/m1/s1. The van der Waals surface area contributed by atoms with Crippen molar-refractivity contribution in [3.05, 3.63) is 84.5 Å². The van der Waals surface area contributed by atoms with Crippen LogP contribution in [0.1, 0.15) is 31.7 Å². The molecular weight excluding hydrogens is 428 g/mol. The first-order valence-corrected chi connectivity index (χ1v) is 12.0. The summed E-state index contributed by atoms with van der Waals surface area (Å²) in [6.45, 7) is 16.9. The smallest absolute Gasteiger partial charge is 0.337 e. The van der Waals surface area contributed by atoms with E-state index in [-0.39, 0.29) is 23.2 Å². The summed E-state index contributed by atoms with van der Waals surface area (Å²) >= 11 is 0. The molecule has 0 radical (unpaired) electrons. The second kappa shape index (κ2) is 10.0. The van der Waals surface area contributed by atoms with Crippen molar-refractivity contribution in [2.24, 2.45) is 23.2 Å². The zero-order valence-corrected chi connectivity index (χ0v) is 20.4. The fourth-order valence-electron chi connectivity index (χ4n) is 6.31. The highest BCUT2D eigenvalue weighted by atomic mass is 16.7. The molecule has 4 atom stereocenters. The molecule has 34 heavy (non-hydrogen) atoms. The summed E-state index contributed by atoms with van der Waals surface area (Å²) in [5.74, 6) is -0.837. The lowest BCUT2D eigenvalue weighted by molar-refractivity contribution is -0.222. The molecule has 0 unspecified atom stereocenters. The predicted octanol–water partition coefficient (Wildman–Crippen LogP) is 5.40. The molecule has 2 bridgehead atoms. The van der Waals surface area contributed by atoms with Crippen LogP contribution >= 0.6 is 0 Å². The highest BCUT2D eigenvalue weighted by Crippen LogP contribution is 2.66. The first-order valence-electron chi connectivity index (χ1n) is 12.0. The number of ether oxygens (including phenoxy) is 4. The van der Waals surface area contributed by atoms with Crippen LogP contribution in [0, 0.1) is 23.2 Å². The monoisotopic (exact) mass is 464 g/mol. The van der Waals surface area contributed by atoms with E-state index >= 15 is 0 Å². The first-order chi connectivity index (χ1) is 16.3. The van der Waals surface area contributed by atoms with E-state index in [0.717, 1.165) is 36.0 Å². The van der Waals surface area contributed by atoms with Crippen molar-refractivity contribution in [2.75, 3.05) is 26.9 Å². The Balaban J connectivity index is 1.70. The molecule has 4 rings (SSSR count). The summed E-state index contributed by atoms with van der Waals surface area (Å²) in [5, 5.41) is 0. The number of carbonyl (C=O) groups excluding carboxylic acids is 1. The summed E-state index contributed by atoms with van der Waals surface area (Å²) in [4.78, 5) is 12.5. The third-order valence-electron chi connectivity index (χ3n) is 7.89. The van der Waals surface area contributed by atoms with Crippen molar-refractivity contribution >= 4 is 5.97 Å². The first kappa shape index (κ1) is 24.6. The van der Waals surface area contributed by atoms with Gasteiger partial charge in [-0.1, -0.05) is 73.4 Å².